The maximum atomic E-state index is 11.6. The quantitative estimate of drug-likeness (QED) is 0.648. The monoisotopic (exact) mass is 331 g/mol. The number of benzene rings is 1. The van der Waals surface area contributed by atoms with Crippen molar-refractivity contribution in [3.8, 4) is 5.75 Å². The van der Waals surface area contributed by atoms with Gasteiger partial charge in [-0.05, 0) is 12.1 Å². The van der Waals surface area contributed by atoms with E-state index in [1.54, 1.807) is 0 Å². The van der Waals surface area contributed by atoms with Crippen molar-refractivity contribution in [2.75, 3.05) is 39.4 Å². The van der Waals surface area contributed by atoms with Crippen molar-refractivity contribution in [1.29, 1.82) is 0 Å². The maximum absolute atomic E-state index is 11.6. The molecule has 2 rings (SSSR count). The molecule has 0 saturated carbocycles. The van der Waals surface area contributed by atoms with Gasteiger partial charge in [0, 0.05) is 38.3 Å². The number of non-ortho nitro benzene ring substituents is 1. The minimum Gasteiger partial charge on any atom is -0.410 e. The van der Waals surface area contributed by atoms with Gasteiger partial charge in [0.25, 0.3) is 5.69 Å². The lowest BCUT2D eigenvalue weighted by molar-refractivity contribution is -0.384. The summed E-state index contributed by atoms with van der Waals surface area (Å²) in [5, 5.41) is 13.1. The average molecular weight is 332 g/mol. The number of nitrogens with one attached hydrogen (secondary N) is 1. The molecule has 1 aliphatic rings. The first-order valence-electron chi connectivity index (χ1n) is 6.65. The number of hydrogen-bond acceptors (Lipinski definition) is 6. The molecule has 0 unspecified atom stereocenters. The molecule has 1 fully saturated rings. The van der Waals surface area contributed by atoms with Crippen molar-refractivity contribution in [3.05, 3.63) is 34.4 Å². The summed E-state index contributed by atoms with van der Waals surface area (Å²) in [6, 6.07) is 5.35. The molecule has 1 amide bonds. The van der Waals surface area contributed by atoms with Gasteiger partial charge >= 0.3 is 6.09 Å². The SMILES string of the molecule is Cl.O=C(NCCN1CCOCC1)Oc1ccc([N+](=O)[O-])cc1. The standard InChI is InChI=1S/C13H17N3O5.ClH/c17-13(14-5-6-15-7-9-20-10-8-15)21-12-3-1-11(2-4-12)16(18)19;/h1-4H,5-10H2,(H,14,17);1H. The number of carbonyl (C=O) groups excluding carboxylic acids is 1. The molecular formula is C13H18ClN3O5. The Morgan fingerprint density at radius 3 is 2.55 bits per heavy atom. The van der Waals surface area contributed by atoms with Crippen molar-refractivity contribution in [1.82, 2.24) is 10.2 Å². The number of hydrogen-bond donors (Lipinski definition) is 1. The fourth-order valence-electron chi connectivity index (χ4n) is 1.92. The lowest BCUT2D eigenvalue weighted by Gasteiger charge is -2.26. The zero-order chi connectivity index (χ0) is 15.1. The zero-order valence-corrected chi connectivity index (χ0v) is 12.7. The van der Waals surface area contributed by atoms with E-state index >= 15 is 0 Å². The number of halogens is 1. The van der Waals surface area contributed by atoms with Crippen LogP contribution in [0.4, 0.5) is 10.5 Å². The van der Waals surface area contributed by atoms with Gasteiger partial charge in [-0.3, -0.25) is 15.0 Å². The van der Waals surface area contributed by atoms with Crippen LogP contribution in [0.15, 0.2) is 24.3 Å². The lowest BCUT2D eigenvalue weighted by atomic mass is 10.3. The molecule has 1 N–H and O–H groups in total. The Labute approximate surface area is 133 Å². The molecule has 9 heteroatoms. The molecule has 0 bridgehead atoms. The first kappa shape index (κ1) is 18.1. The first-order chi connectivity index (χ1) is 10.1. The minimum absolute atomic E-state index is 0. The summed E-state index contributed by atoms with van der Waals surface area (Å²) in [4.78, 5) is 23.7. The summed E-state index contributed by atoms with van der Waals surface area (Å²) in [6.07, 6.45) is -0.572. The topological polar surface area (TPSA) is 93.9 Å². The highest BCUT2D eigenvalue weighted by Gasteiger charge is 2.11. The number of nitro benzene ring substituents is 1. The third kappa shape index (κ3) is 5.84. The largest absolute Gasteiger partial charge is 0.412 e. The molecule has 0 aliphatic carbocycles. The van der Waals surface area contributed by atoms with E-state index in [1.807, 2.05) is 0 Å². The van der Waals surface area contributed by atoms with Crippen LogP contribution in [-0.2, 0) is 4.74 Å². The average Bonchev–Trinajstić information content (AvgIpc) is 2.49. The Kier molecular flexibility index (Phi) is 7.58. The van der Waals surface area contributed by atoms with Crippen LogP contribution in [0.3, 0.4) is 0 Å². The zero-order valence-electron chi connectivity index (χ0n) is 11.9. The van der Waals surface area contributed by atoms with E-state index in [4.69, 9.17) is 9.47 Å². The molecule has 1 aliphatic heterocycles. The highest BCUT2D eigenvalue weighted by Crippen LogP contribution is 2.17. The fraction of sp³-hybridized carbons (Fsp3) is 0.462. The van der Waals surface area contributed by atoms with Crippen LogP contribution in [0.25, 0.3) is 0 Å². The van der Waals surface area contributed by atoms with E-state index in [0.717, 1.165) is 19.6 Å². The number of morpholine rings is 1. The fourth-order valence-corrected chi connectivity index (χ4v) is 1.92. The van der Waals surface area contributed by atoms with Crippen molar-refractivity contribution in [2.24, 2.45) is 0 Å². The third-order valence-corrected chi connectivity index (χ3v) is 3.06. The van der Waals surface area contributed by atoms with Gasteiger partial charge in [-0.25, -0.2) is 4.79 Å². The van der Waals surface area contributed by atoms with Gasteiger partial charge in [0.05, 0.1) is 18.1 Å². The second kappa shape index (κ2) is 9.19. The van der Waals surface area contributed by atoms with Crippen molar-refractivity contribution in [2.45, 2.75) is 0 Å². The number of amides is 1. The summed E-state index contributed by atoms with van der Waals surface area (Å²) < 4.78 is 10.3. The Morgan fingerprint density at radius 2 is 1.95 bits per heavy atom. The number of rotatable bonds is 5. The predicted octanol–water partition coefficient (Wildman–Crippen LogP) is 1.44. The van der Waals surface area contributed by atoms with Crippen LogP contribution in [0.5, 0.6) is 5.75 Å². The van der Waals surface area contributed by atoms with E-state index in [-0.39, 0.29) is 23.8 Å². The Morgan fingerprint density at radius 1 is 1.32 bits per heavy atom. The molecule has 1 aromatic rings. The second-order valence-electron chi connectivity index (χ2n) is 4.52. The molecule has 8 nitrogen and oxygen atoms in total. The van der Waals surface area contributed by atoms with Crippen LogP contribution in [-0.4, -0.2) is 55.3 Å². The van der Waals surface area contributed by atoms with Crippen molar-refractivity contribution in [3.63, 3.8) is 0 Å². The van der Waals surface area contributed by atoms with E-state index in [0.29, 0.717) is 19.8 Å². The molecule has 1 aromatic carbocycles. The highest BCUT2D eigenvalue weighted by atomic mass is 35.5. The number of nitrogens with zero attached hydrogens (tertiary/aromatic N) is 2. The first-order valence-corrected chi connectivity index (χ1v) is 6.65. The van der Waals surface area contributed by atoms with E-state index in [2.05, 4.69) is 10.2 Å². The van der Waals surface area contributed by atoms with Gasteiger partial charge < -0.3 is 14.8 Å². The molecule has 0 aromatic heterocycles. The summed E-state index contributed by atoms with van der Waals surface area (Å²) in [7, 11) is 0. The van der Waals surface area contributed by atoms with Crippen LogP contribution in [0.1, 0.15) is 0 Å². The maximum Gasteiger partial charge on any atom is 0.412 e. The summed E-state index contributed by atoms with van der Waals surface area (Å²) in [5.74, 6) is 0.268. The van der Waals surface area contributed by atoms with E-state index in [1.165, 1.54) is 24.3 Å². The predicted molar refractivity (Wildman–Crippen MR) is 81.6 cm³/mol. The van der Waals surface area contributed by atoms with Gasteiger partial charge in [0.2, 0.25) is 0 Å². The Hall–Kier alpha value is -1.90. The van der Waals surface area contributed by atoms with Gasteiger partial charge in [0.1, 0.15) is 5.75 Å². The smallest absolute Gasteiger partial charge is 0.410 e. The molecule has 0 radical (unpaired) electrons. The number of carbonyl (C=O) groups is 1. The van der Waals surface area contributed by atoms with Crippen LogP contribution in [0, 0.1) is 10.1 Å². The minimum atomic E-state index is -0.572. The molecule has 122 valence electrons. The molecule has 1 saturated heterocycles. The third-order valence-electron chi connectivity index (χ3n) is 3.06. The summed E-state index contributed by atoms with van der Waals surface area (Å²) >= 11 is 0. The summed E-state index contributed by atoms with van der Waals surface area (Å²) in [5.41, 5.74) is -0.0462. The Bertz CT molecular complexity index is 491. The number of ether oxygens (including phenoxy) is 2. The normalized spacial score (nSPS) is 14.7. The highest BCUT2D eigenvalue weighted by molar-refractivity contribution is 5.85. The second-order valence-corrected chi connectivity index (χ2v) is 4.52. The van der Waals surface area contributed by atoms with Gasteiger partial charge in [-0.15, -0.1) is 12.4 Å². The molecule has 0 atom stereocenters. The Balaban J connectivity index is 0.00000242. The van der Waals surface area contributed by atoms with Crippen molar-refractivity contribution < 1.29 is 19.2 Å². The van der Waals surface area contributed by atoms with Crippen LogP contribution < -0.4 is 10.1 Å². The molecule has 0 spiro atoms. The van der Waals surface area contributed by atoms with Crippen LogP contribution >= 0.6 is 12.4 Å². The van der Waals surface area contributed by atoms with Crippen LogP contribution in [0.2, 0.25) is 0 Å². The summed E-state index contributed by atoms with van der Waals surface area (Å²) in [6.45, 7) is 4.36. The molecular weight excluding hydrogens is 314 g/mol. The van der Waals surface area contributed by atoms with Gasteiger partial charge in [-0.1, -0.05) is 0 Å². The van der Waals surface area contributed by atoms with Crippen molar-refractivity contribution >= 4 is 24.2 Å². The lowest BCUT2D eigenvalue weighted by Crippen LogP contribution is -2.41. The van der Waals surface area contributed by atoms with E-state index < -0.39 is 11.0 Å². The van der Waals surface area contributed by atoms with Gasteiger partial charge in [0.15, 0.2) is 0 Å². The number of nitro groups is 1. The molecule has 22 heavy (non-hydrogen) atoms. The van der Waals surface area contributed by atoms with Gasteiger partial charge in [-0.2, -0.15) is 0 Å². The molecule has 1 heterocycles. The van der Waals surface area contributed by atoms with E-state index in [9.17, 15) is 14.9 Å².